The number of ether oxygens (including phenoxy) is 1. The van der Waals surface area contributed by atoms with Gasteiger partial charge in [0.05, 0.1) is 24.1 Å². The van der Waals surface area contributed by atoms with E-state index in [0.29, 0.717) is 37.0 Å². The van der Waals surface area contributed by atoms with Crippen LogP contribution in [0, 0.1) is 17.1 Å². The Balaban J connectivity index is 1.88. The van der Waals surface area contributed by atoms with E-state index in [1.807, 2.05) is 4.90 Å². The number of hydrogen-bond donors (Lipinski definition) is 2. The molecule has 0 unspecified atom stereocenters. The van der Waals surface area contributed by atoms with E-state index < -0.39 is 17.2 Å². The summed E-state index contributed by atoms with van der Waals surface area (Å²) >= 11 is 0. The first-order valence-electron chi connectivity index (χ1n) is 10.2. The van der Waals surface area contributed by atoms with Crippen molar-refractivity contribution in [2.24, 2.45) is 5.73 Å². The van der Waals surface area contributed by atoms with Crippen molar-refractivity contribution in [1.82, 2.24) is 4.57 Å². The Morgan fingerprint density at radius 1 is 1.39 bits per heavy atom. The fourth-order valence-electron chi connectivity index (χ4n) is 4.30. The van der Waals surface area contributed by atoms with Crippen LogP contribution in [0.4, 0.5) is 10.1 Å². The number of nitrogens with zero attached hydrogens (tertiary/aromatic N) is 3. The van der Waals surface area contributed by atoms with Crippen LogP contribution in [-0.4, -0.2) is 42.4 Å². The minimum absolute atomic E-state index is 0.00241. The highest BCUT2D eigenvalue weighted by Gasteiger charge is 2.32. The number of aromatic nitrogens is 1. The summed E-state index contributed by atoms with van der Waals surface area (Å²) in [5.74, 6) is -1.76. The highest BCUT2D eigenvalue weighted by molar-refractivity contribution is 5.97. The van der Waals surface area contributed by atoms with Crippen LogP contribution < -0.4 is 20.8 Å². The zero-order valence-electron chi connectivity index (χ0n) is 17.2. The van der Waals surface area contributed by atoms with Gasteiger partial charge in [-0.25, -0.2) is 9.18 Å². The molecule has 0 bridgehead atoms. The molecule has 1 aliphatic heterocycles. The number of anilines is 1. The summed E-state index contributed by atoms with van der Waals surface area (Å²) < 4.78 is 22.6. The third-order valence-corrected chi connectivity index (χ3v) is 6.02. The van der Waals surface area contributed by atoms with Gasteiger partial charge < -0.3 is 25.0 Å². The zero-order chi connectivity index (χ0) is 22.3. The molecule has 1 aromatic carbocycles. The van der Waals surface area contributed by atoms with Crippen molar-refractivity contribution in [2.45, 2.75) is 31.7 Å². The quantitative estimate of drug-likeness (QED) is 0.705. The molecule has 0 atom stereocenters. The molecule has 1 saturated heterocycles. The molecule has 0 amide bonds. The molecule has 2 aromatic rings. The highest BCUT2D eigenvalue weighted by Crippen LogP contribution is 2.44. The van der Waals surface area contributed by atoms with E-state index in [1.165, 1.54) is 13.3 Å². The Morgan fingerprint density at radius 2 is 2.06 bits per heavy atom. The number of hydrogen-bond acceptors (Lipinski definition) is 6. The Morgan fingerprint density at radius 3 is 2.58 bits per heavy atom. The number of nitriles is 1. The van der Waals surface area contributed by atoms with Crippen molar-refractivity contribution >= 4 is 22.6 Å². The maximum atomic E-state index is 15.3. The number of aromatic carboxylic acids is 1. The van der Waals surface area contributed by atoms with Gasteiger partial charge in [0, 0.05) is 37.4 Å². The largest absolute Gasteiger partial charge is 0.492 e. The average Bonchev–Trinajstić information content (AvgIpc) is 3.60. The SMILES string of the molecule is COc1c(N2CCC(=C(C#N)CN)CC2)c(F)cc2c(=O)c(C(=O)O)cn(C3CC3)c12. The van der Waals surface area contributed by atoms with Crippen molar-refractivity contribution in [3.8, 4) is 11.8 Å². The van der Waals surface area contributed by atoms with Gasteiger partial charge in [-0.15, -0.1) is 0 Å². The Bertz CT molecular complexity index is 1200. The predicted octanol–water partition coefficient (Wildman–Crippen LogP) is 2.56. The van der Waals surface area contributed by atoms with Gasteiger partial charge in [-0.2, -0.15) is 5.26 Å². The number of carboxylic acids is 1. The lowest BCUT2D eigenvalue weighted by molar-refractivity contribution is 0.0695. The average molecular weight is 426 g/mol. The molecule has 1 saturated carbocycles. The van der Waals surface area contributed by atoms with Gasteiger partial charge in [0.25, 0.3) is 0 Å². The maximum Gasteiger partial charge on any atom is 0.341 e. The van der Waals surface area contributed by atoms with Gasteiger partial charge in [-0.05, 0) is 31.7 Å². The molecular weight excluding hydrogens is 403 g/mol. The zero-order valence-corrected chi connectivity index (χ0v) is 17.2. The van der Waals surface area contributed by atoms with Gasteiger partial charge in [0.2, 0.25) is 5.43 Å². The first-order chi connectivity index (χ1) is 14.9. The van der Waals surface area contributed by atoms with Crippen molar-refractivity contribution in [2.75, 3.05) is 31.6 Å². The van der Waals surface area contributed by atoms with Gasteiger partial charge in [-0.3, -0.25) is 4.79 Å². The Kier molecular flexibility index (Phi) is 5.41. The van der Waals surface area contributed by atoms with Crippen LogP contribution in [0.3, 0.4) is 0 Å². The normalized spacial score (nSPS) is 16.3. The number of benzene rings is 1. The van der Waals surface area contributed by atoms with Gasteiger partial charge in [0.15, 0.2) is 11.6 Å². The number of piperidine rings is 1. The third-order valence-electron chi connectivity index (χ3n) is 6.02. The fourth-order valence-corrected chi connectivity index (χ4v) is 4.30. The van der Waals surface area contributed by atoms with Crippen LogP contribution in [0.2, 0.25) is 0 Å². The van der Waals surface area contributed by atoms with Crippen molar-refractivity contribution in [3.63, 3.8) is 0 Å². The summed E-state index contributed by atoms with van der Waals surface area (Å²) in [7, 11) is 1.42. The van der Waals surface area contributed by atoms with E-state index in [-0.39, 0.29) is 35.0 Å². The molecule has 162 valence electrons. The van der Waals surface area contributed by atoms with Gasteiger partial charge in [-0.1, -0.05) is 5.57 Å². The van der Waals surface area contributed by atoms with E-state index in [0.717, 1.165) is 24.5 Å². The van der Waals surface area contributed by atoms with Crippen LogP contribution in [0.25, 0.3) is 10.9 Å². The Hall–Kier alpha value is -3.38. The number of carbonyl (C=O) groups is 1. The molecule has 0 spiro atoms. The summed E-state index contributed by atoms with van der Waals surface area (Å²) in [4.78, 5) is 26.2. The lowest BCUT2D eigenvalue weighted by atomic mass is 9.97. The third kappa shape index (κ3) is 3.53. The number of carboxylic acid groups (broad SMARTS) is 1. The molecule has 31 heavy (non-hydrogen) atoms. The monoisotopic (exact) mass is 426 g/mol. The number of nitrogens with two attached hydrogens (primary N) is 1. The number of rotatable bonds is 5. The van der Waals surface area contributed by atoms with Crippen LogP contribution in [0.1, 0.15) is 42.1 Å². The second-order valence-corrected chi connectivity index (χ2v) is 7.84. The van der Waals surface area contributed by atoms with E-state index in [1.54, 1.807) is 4.57 Å². The van der Waals surface area contributed by atoms with E-state index in [4.69, 9.17) is 10.5 Å². The van der Waals surface area contributed by atoms with Crippen LogP contribution >= 0.6 is 0 Å². The summed E-state index contributed by atoms with van der Waals surface area (Å²) in [5, 5.41) is 18.7. The fraction of sp³-hybridized carbons (Fsp3) is 0.409. The van der Waals surface area contributed by atoms with E-state index in [9.17, 15) is 20.0 Å². The maximum absolute atomic E-state index is 15.3. The molecule has 1 aliphatic carbocycles. The smallest absolute Gasteiger partial charge is 0.341 e. The first kappa shape index (κ1) is 20.9. The summed E-state index contributed by atoms with van der Waals surface area (Å²) in [6.45, 7) is 1.12. The second kappa shape index (κ2) is 8.04. The number of methoxy groups -OCH3 is 1. The summed E-state index contributed by atoms with van der Waals surface area (Å²) in [6, 6.07) is 3.30. The molecule has 3 N–H and O–H groups in total. The van der Waals surface area contributed by atoms with E-state index in [2.05, 4.69) is 6.07 Å². The lowest BCUT2D eigenvalue weighted by Gasteiger charge is -2.32. The number of pyridine rings is 1. The first-order valence-corrected chi connectivity index (χ1v) is 10.2. The van der Waals surface area contributed by atoms with Crippen molar-refractivity contribution < 1.29 is 19.0 Å². The lowest BCUT2D eigenvalue weighted by Crippen LogP contribution is -2.33. The van der Waals surface area contributed by atoms with Gasteiger partial charge >= 0.3 is 5.97 Å². The second-order valence-electron chi connectivity index (χ2n) is 7.84. The number of fused-ring (bicyclic) bond motifs is 1. The minimum atomic E-state index is -1.34. The van der Waals surface area contributed by atoms with E-state index >= 15 is 4.39 Å². The summed E-state index contributed by atoms with van der Waals surface area (Å²) in [6.07, 6.45) is 4.19. The minimum Gasteiger partial charge on any atom is -0.492 e. The van der Waals surface area contributed by atoms with Crippen molar-refractivity contribution in [3.05, 3.63) is 45.0 Å². The molecule has 8 nitrogen and oxygen atoms in total. The molecular formula is C22H23FN4O4. The molecule has 2 fully saturated rings. The van der Waals surface area contributed by atoms with Crippen LogP contribution in [-0.2, 0) is 0 Å². The van der Waals surface area contributed by atoms with Crippen molar-refractivity contribution in [1.29, 1.82) is 5.26 Å². The van der Waals surface area contributed by atoms with Crippen LogP contribution in [0.5, 0.6) is 5.75 Å². The topological polar surface area (TPSA) is 122 Å². The molecule has 0 radical (unpaired) electrons. The standard InChI is InChI=1S/C22H23FN4O4/c1-31-21-18-15(20(28)16(22(29)30)11-27(18)14-2-3-14)8-17(23)19(21)26-6-4-12(5-7-26)13(9-24)10-25/h8,11,14H,2-7,9,24H2,1H3,(H,29,30). The predicted molar refractivity (Wildman–Crippen MR) is 113 cm³/mol. The molecule has 2 heterocycles. The summed E-state index contributed by atoms with van der Waals surface area (Å²) in [5.41, 5.74) is 6.73. The highest BCUT2D eigenvalue weighted by atomic mass is 19.1. The number of halogens is 1. The molecule has 4 rings (SSSR count). The molecule has 2 aliphatic rings. The van der Waals surface area contributed by atoms with Crippen LogP contribution in [0.15, 0.2) is 28.2 Å². The Labute approximate surface area is 177 Å². The van der Waals surface area contributed by atoms with Gasteiger partial charge in [0.1, 0.15) is 11.3 Å². The molecule has 1 aromatic heterocycles. The molecule has 9 heteroatoms.